The van der Waals surface area contributed by atoms with Crippen molar-refractivity contribution in [1.82, 2.24) is 0 Å². The van der Waals surface area contributed by atoms with Crippen LogP contribution in [0.3, 0.4) is 0 Å². The summed E-state index contributed by atoms with van der Waals surface area (Å²) < 4.78 is 5.48. The SMILES string of the molecule is CC(C)c1ccccc1NC(=O)C[NH+](Cc1ccco1)Cc1cccs1. The van der Waals surface area contributed by atoms with Gasteiger partial charge in [0.05, 0.1) is 11.1 Å². The lowest BCUT2D eigenvalue weighted by molar-refractivity contribution is -0.920. The topological polar surface area (TPSA) is 46.7 Å². The quantitative estimate of drug-likeness (QED) is 0.636. The standard InChI is InChI=1S/C21H24N2O2S/c1-16(2)19-9-3-4-10-20(19)22-21(24)15-23(13-17-7-5-11-25-17)14-18-8-6-12-26-18/h3-12,16H,13-15H2,1-2H3,(H,22,24)/p+1. The largest absolute Gasteiger partial charge is 0.463 e. The van der Waals surface area contributed by atoms with Gasteiger partial charge in [-0.3, -0.25) is 4.79 Å². The fraction of sp³-hybridized carbons (Fsp3) is 0.286. The molecule has 136 valence electrons. The molecule has 4 nitrogen and oxygen atoms in total. The van der Waals surface area contributed by atoms with Crippen LogP contribution in [0.1, 0.15) is 36.0 Å². The van der Waals surface area contributed by atoms with Crippen molar-refractivity contribution >= 4 is 22.9 Å². The van der Waals surface area contributed by atoms with Crippen LogP contribution >= 0.6 is 11.3 Å². The summed E-state index contributed by atoms with van der Waals surface area (Å²) in [7, 11) is 0. The molecular formula is C21H25N2O2S+. The summed E-state index contributed by atoms with van der Waals surface area (Å²) in [5.41, 5.74) is 2.06. The first-order chi connectivity index (χ1) is 12.6. The van der Waals surface area contributed by atoms with Crippen LogP contribution in [-0.4, -0.2) is 12.5 Å². The first-order valence-corrected chi connectivity index (χ1v) is 9.77. The fourth-order valence-electron chi connectivity index (χ4n) is 3.04. The maximum absolute atomic E-state index is 12.7. The van der Waals surface area contributed by atoms with Gasteiger partial charge in [-0.05, 0) is 41.1 Å². The first-order valence-electron chi connectivity index (χ1n) is 8.89. The minimum atomic E-state index is 0.0243. The second kappa shape index (κ2) is 8.83. The minimum absolute atomic E-state index is 0.0243. The molecule has 2 aromatic heterocycles. The Morgan fingerprint density at radius 2 is 1.96 bits per heavy atom. The van der Waals surface area contributed by atoms with Crippen molar-refractivity contribution in [3.63, 3.8) is 0 Å². The summed E-state index contributed by atoms with van der Waals surface area (Å²) in [6.07, 6.45) is 1.68. The Bertz CT molecular complexity index is 774. The molecule has 0 aliphatic heterocycles. The molecule has 1 aromatic carbocycles. The van der Waals surface area contributed by atoms with Crippen LogP contribution in [0.4, 0.5) is 5.69 Å². The third kappa shape index (κ3) is 5.07. The molecule has 3 aromatic rings. The molecule has 0 bridgehead atoms. The zero-order valence-corrected chi connectivity index (χ0v) is 16.0. The number of benzene rings is 1. The monoisotopic (exact) mass is 369 g/mol. The predicted octanol–water partition coefficient (Wildman–Crippen LogP) is 3.69. The number of furan rings is 1. The molecule has 0 aliphatic rings. The van der Waals surface area contributed by atoms with Crippen molar-refractivity contribution in [2.75, 3.05) is 11.9 Å². The zero-order chi connectivity index (χ0) is 18.4. The molecule has 1 amide bonds. The van der Waals surface area contributed by atoms with Crippen LogP contribution in [0.5, 0.6) is 0 Å². The molecule has 1 atom stereocenters. The van der Waals surface area contributed by atoms with Gasteiger partial charge >= 0.3 is 0 Å². The van der Waals surface area contributed by atoms with E-state index in [1.807, 2.05) is 36.4 Å². The highest BCUT2D eigenvalue weighted by atomic mass is 32.1. The number of thiophene rings is 1. The van der Waals surface area contributed by atoms with Gasteiger partial charge in [0.25, 0.3) is 5.91 Å². The summed E-state index contributed by atoms with van der Waals surface area (Å²) >= 11 is 1.72. The van der Waals surface area contributed by atoms with Gasteiger partial charge in [-0.2, -0.15) is 0 Å². The predicted molar refractivity (Wildman–Crippen MR) is 105 cm³/mol. The summed E-state index contributed by atoms with van der Waals surface area (Å²) in [6, 6.07) is 16.0. The molecule has 0 radical (unpaired) electrons. The van der Waals surface area contributed by atoms with Gasteiger partial charge < -0.3 is 14.6 Å². The van der Waals surface area contributed by atoms with E-state index in [0.717, 1.165) is 28.5 Å². The van der Waals surface area contributed by atoms with Gasteiger partial charge in [-0.1, -0.05) is 38.1 Å². The summed E-state index contributed by atoms with van der Waals surface area (Å²) in [5.74, 6) is 1.28. The molecule has 5 heteroatoms. The normalized spacial score (nSPS) is 12.3. The molecule has 0 saturated carbocycles. The molecule has 1 unspecified atom stereocenters. The van der Waals surface area contributed by atoms with Gasteiger partial charge in [-0.15, -0.1) is 11.3 Å². The van der Waals surface area contributed by atoms with Crippen LogP contribution < -0.4 is 10.2 Å². The smallest absolute Gasteiger partial charge is 0.279 e. The van der Waals surface area contributed by atoms with E-state index in [1.54, 1.807) is 17.6 Å². The van der Waals surface area contributed by atoms with E-state index < -0.39 is 0 Å². The van der Waals surface area contributed by atoms with Gasteiger partial charge in [0, 0.05) is 5.69 Å². The van der Waals surface area contributed by atoms with Gasteiger partial charge in [0.1, 0.15) is 13.1 Å². The van der Waals surface area contributed by atoms with E-state index in [2.05, 4.69) is 36.7 Å². The lowest BCUT2D eigenvalue weighted by Crippen LogP contribution is -3.10. The number of quaternary nitrogens is 1. The van der Waals surface area contributed by atoms with Gasteiger partial charge in [-0.25, -0.2) is 0 Å². The van der Waals surface area contributed by atoms with Crippen LogP contribution in [-0.2, 0) is 17.9 Å². The Hall–Kier alpha value is -2.37. The zero-order valence-electron chi connectivity index (χ0n) is 15.2. The number of hydrogen-bond acceptors (Lipinski definition) is 3. The number of amides is 1. The highest BCUT2D eigenvalue weighted by Crippen LogP contribution is 2.23. The number of rotatable bonds is 8. The second-order valence-electron chi connectivity index (χ2n) is 6.73. The highest BCUT2D eigenvalue weighted by Gasteiger charge is 2.18. The van der Waals surface area contributed by atoms with E-state index in [4.69, 9.17) is 4.42 Å². The second-order valence-corrected chi connectivity index (χ2v) is 7.76. The van der Waals surface area contributed by atoms with Crippen molar-refractivity contribution in [2.24, 2.45) is 0 Å². The van der Waals surface area contributed by atoms with Gasteiger partial charge in [0.2, 0.25) is 0 Å². The van der Waals surface area contributed by atoms with Crippen LogP contribution in [0.25, 0.3) is 0 Å². The van der Waals surface area contributed by atoms with E-state index in [1.165, 1.54) is 4.88 Å². The minimum Gasteiger partial charge on any atom is -0.463 e. The molecule has 2 heterocycles. The molecule has 0 fully saturated rings. The fourth-order valence-corrected chi connectivity index (χ4v) is 3.82. The Kier molecular flexibility index (Phi) is 6.26. The number of carbonyl (C=O) groups is 1. The summed E-state index contributed by atoms with van der Waals surface area (Å²) in [6.45, 7) is 6.15. The first kappa shape index (κ1) is 18.4. The lowest BCUT2D eigenvalue weighted by Gasteiger charge is -2.19. The average molecular weight is 370 g/mol. The highest BCUT2D eigenvalue weighted by molar-refractivity contribution is 7.09. The van der Waals surface area contributed by atoms with Crippen molar-refractivity contribution in [2.45, 2.75) is 32.9 Å². The number of hydrogen-bond donors (Lipinski definition) is 2. The van der Waals surface area contributed by atoms with Crippen LogP contribution in [0, 0.1) is 0 Å². The molecule has 2 N–H and O–H groups in total. The Balaban J connectivity index is 1.68. The maximum Gasteiger partial charge on any atom is 0.279 e. The molecular weight excluding hydrogens is 344 g/mol. The van der Waals surface area contributed by atoms with Crippen molar-refractivity contribution < 1.29 is 14.1 Å². The third-order valence-electron chi connectivity index (χ3n) is 4.28. The van der Waals surface area contributed by atoms with Gasteiger partial charge in [0.15, 0.2) is 12.3 Å². The Morgan fingerprint density at radius 3 is 2.65 bits per heavy atom. The third-order valence-corrected chi connectivity index (χ3v) is 5.15. The molecule has 3 rings (SSSR count). The maximum atomic E-state index is 12.7. The summed E-state index contributed by atoms with van der Waals surface area (Å²) in [4.78, 5) is 15.1. The Morgan fingerprint density at radius 1 is 1.12 bits per heavy atom. The van der Waals surface area contributed by atoms with Crippen molar-refractivity contribution in [1.29, 1.82) is 0 Å². The molecule has 0 spiro atoms. The molecule has 26 heavy (non-hydrogen) atoms. The van der Waals surface area contributed by atoms with E-state index in [9.17, 15) is 4.79 Å². The van der Waals surface area contributed by atoms with Crippen LogP contribution in [0.2, 0.25) is 0 Å². The van der Waals surface area contributed by atoms with Crippen molar-refractivity contribution in [3.05, 3.63) is 76.4 Å². The van der Waals surface area contributed by atoms with E-state index >= 15 is 0 Å². The van der Waals surface area contributed by atoms with E-state index in [0.29, 0.717) is 19.0 Å². The van der Waals surface area contributed by atoms with Crippen LogP contribution in [0.15, 0.2) is 64.6 Å². The Labute approximate surface area is 158 Å². The van der Waals surface area contributed by atoms with Crippen molar-refractivity contribution in [3.8, 4) is 0 Å². The molecule has 0 aliphatic carbocycles. The number of para-hydroxylation sites is 1. The lowest BCUT2D eigenvalue weighted by atomic mass is 10.0. The van der Waals surface area contributed by atoms with E-state index in [-0.39, 0.29) is 5.91 Å². The molecule has 0 saturated heterocycles. The number of nitrogens with one attached hydrogen (secondary N) is 2. The summed E-state index contributed by atoms with van der Waals surface area (Å²) in [5, 5.41) is 5.16. The number of anilines is 1. The average Bonchev–Trinajstić information content (AvgIpc) is 3.29. The number of carbonyl (C=O) groups excluding carboxylic acids is 1.